The molecule has 0 saturated carbocycles. The Morgan fingerprint density at radius 2 is 2.03 bits per heavy atom. The number of carboxylic acids is 1. The predicted molar refractivity (Wildman–Crippen MR) is 123 cm³/mol. The minimum absolute atomic E-state index is 0.0289. The SMILES string of the molecule is Nc1cccc(CCCC2CC(C(NC=O)[C@H](NC(=O)OCc3ccccc3)C(=O)O)=NO2)n1. The van der Waals surface area contributed by atoms with Crippen molar-refractivity contribution < 1.29 is 29.1 Å². The van der Waals surface area contributed by atoms with E-state index in [1.54, 1.807) is 30.3 Å². The highest BCUT2D eigenvalue weighted by Crippen LogP contribution is 2.20. The first-order chi connectivity index (χ1) is 16.5. The van der Waals surface area contributed by atoms with Gasteiger partial charge in [0.2, 0.25) is 6.41 Å². The summed E-state index contributed by atoms with van der Waals surface area (Å²) < 4.78 is 5.11. The third-order valence-electron chi connectivity index (χ3n) is 5.24. The summed E-state index contributed by atoms with van der Waals surface area (Å²) in [6, 6.07) is 11.8. The molecule has 1 aromatic heterocycles. The molecule has 1 aromatic carbocycles. The lowest BCUT2D eigenvalue weighted by Gasteiger charge is -2.23. The fraction of sp³-hybridized carbons (Fsp3) is 0.348. The number of alkyl carbamates (subject to hydrolysis) is 1. The van der Waals surface area contributed by atoms with Gasteiger partial charge in [-0.3, -0.25) is 4.79 Å². The molecule has 0 saturated heterocycles. The molecular formula is C23H27N5O6. The van der Waals surface area contributed by atoms with E-state index in [1.807, 2.05) is 18.2 Å². The molecular weight excluding hydrogens is 442 g/mol. The lowest BCUT2D eigenvalue weighted by atomic mass is 9.97. The minimum Gasteiger partial charge on any atom is -0.480 e. The minimum atomic E-state index is -1.49. The summed E-state index contributed by atoms with van der Waals surface area (Å²) in [7, 11) is 0. The summed E-state index contributed by atoms with van der Waals surface area (Å²) in [5.41, 5.74) is 7.62. The number of rotatable bonds is 12. The van der Waals surface area contributed by atoms with Crippen LogP contribution in [0.4, 0.5) is 10.6 Å². The summed E-state index contributed by atoms with van der Waals surface area (Å²) in [5, 5.41) is 18.4. The van der Waals surface area contributed by atoms with E-state index in [2.05, 4.69) is 20.8 Å². The Bertz CT molecular complexity index is 1020. The van der Waals surface area contributed by atoms with Crippen molar-refractivity contribution in [3.8, 4) is 0 Å². The first kappa shape index (κ1) is 24.5. The lowest BCUT2D eigenvalue weighted by Crippen LogP contribution is -2.57. The number of anilines is 1. The number of carboxylic acid groups (broad SMARTS) is 1. The average Bonchev–Trinajstić information content (AvgIpc) is 3.29. The van der Waals surface area contributed by atoms with Gasteiger partial charge in [0.1, 0.15) is 24.6 Å². The van der Waals surface area contributed by atoms with E-state index in [-0.39, 0.29) is 12.7 Å². The highest BCUT2D eigenvalue weighted by molar-refractivity contribution is 5.97. The second-order valence-electron chi connectivity index (χ2n) is 7.74. The monoisotopic (exact) mass is 469 g/mol. The van der Waals surface area contributed by atoms with Gasteiger partial charge in [-0.05, 0) is 37.0 Å². The van der Waals surface area contributed by atoms with Crippen molar-refractivity contribution in [1.82, 2.24) is 15.6 Å². The van der Waals surface area contributed by atoms with Gasteiger partial charge in [-0.15, -0.1) is 0 Å². The van der Waals surface area contributed by atoms with Crippen LogP contribution in [0.5, 0.6) is 0 Å². The number of aryl methyl sites for hydroxylation is 1. The Labute approximate surface area is 196 Å². The van der Waals surface area contributed by atoms with E-state index >= 15 is 0 Å². The zero-order valence-corrected chi connectivity index (χ0v) is 18.4. The average molecular weight is 469 g/mol. The topological polar surface area (TPSA) is 165 Å². The number of carbonyl (C=O) groups excluding carboxylic acids is 2. The van der Waals surface area contributed by atoms with E-state index in [1.165, 1.54) is 0 Å². The molecule has 2 amide bonds. The summed E-state index contributed by atoms with van der Waals surface area (Å²) in [5.74, 6) is -0.896. The lowest BCUT2D eigenvalue weighted by molar-refractivity contribution is -0.139. The number of benzene rings is 1. The Hall–Kier alpha value is -4.15. The number of ether oxygens (including phenoxy) is 1. The van der Waals surface area contributed by atoms with Crippen molar-refractivity contribution in [3.63, 3.8) is 0 Å². The molecule has 180 valence electrons. The van der Waals surface area contributed by atoms with Crippen LogP contribution in [0.3, 0.4) is 0 Å². The van der Waals surface area contributed by atoms with Gasteiger partial charge in [0.05, 0.1) is 5.71 Å². The highest BCUT2D eigenvalue weighted by Gasteiger charge is 2.37. The fourth-order valence-corrected chi connectivity index (χ4v) is 3.57. The normalized spacial score (nSPS) is 16.5. The molecule has 0 spiro atoms. The Morgan fingerprint density at radius 3 is 2.74 bits per heavy atom. The quantitative estimate of drug-likeness (QED) is 0.340. The van der Waals surface area contributed by atoms with Crippen molar-refractivity contribution in [1.29, 1.82) is 0 Å². The smallest absolute Gasteiger partial charge is 0.408 e. The number of aliphatic carboxylic acids is 1. The van der Waals surface area contributed by atoms with E-state index < -0.39 is 24.1 Å². The molecule has 2 aromatic rings. The number of oxime groups is 1. The first-order valence-corrected chi connectivity index (χ1v) is 10.8. The standard InChI is InChI=1S/C23H27N5O6/c24-19-11-5-9-16(26-19)8-4-10-17-12-18(28-34-17)20(25-14-29)21(22(30)31)27-23(32)33-13-15-6-2-1-3-7-15/h1-3,5-7,9,11,14,17,20-21H,4,8,10,12-13H2,(H2,24,26)(H,25,29)(H,27,32)(H,30,31)/t17?,20?,21-/m0/s1. The number of hydrogen-bond donors (Lipinski definition) is 4. The van der Waals surface area contributed by atoms with Crippen molar-refractivity contribution >= 4 is 30.0 Å². The summed E-state index contributed by atoms with van der Waals surface area (Å²) >= 11 is 0. The number of pyridine rings is 1. The van der Waals surface area contributed by atoms with Gasteiger partial charge < -0.3 is 31.0 Å². The van der Waals surface area contributed by atoms with Gasteiger partial charge in [0, 0.05) is 12.1 Å². The fourth-order valence-electron chi connectivity index (χ4n) is 3.57. The molecule has 0 bridgehead atoms. The molecule has 2 unspecified atom stereocenters. The molecule has 11 nitrogen and oxygen atoms in total. The van der Waals surface area contributed by atoms with Gasteiger partial charge >= 0.3 is 12.1 Å². The summed E-state index contributed by atoms with van der Waals surface area (Å²) in [4.78, 5) is 45.0. The first-order valence-electron chi connectivity index (χ1n) is 10.8. The molecule has 34 heavy (non-hydrogen) atoms. The molecule has 0 fully saturated rings. The number of amides is 2. The highest BCUT2D eigenvalue weighted by atomic mass is 16.6. The van der Waals surface area contributed by atoms with Gasteiger partial charge in [0.15, 0.2) is 6.04 Å². The predicted octanol–water partition coefficient (Wildman–Crippen LogP) is 1.63. The number of hydrogen-bond acceptors (Lipinski definition) is 8. The van der Waals surface area contributed by atoms with E-state index in [4.69, 9.17) is 15.3 Å². The van der Waals surface area contributed by atoms with Gasteiger partial charge in [-0.2, -0.15) is 0 Å². The maximum atomic E-state index is 12.2. The van der Waals surface area contributed by atoms with Crippen molar-refractivity contribution in [3.05, 3.63) is 59.8 Å². The number of aromatic nitrogens is 1. The Morgan fingerprint density at radius 1 is 1.24 bits per heavy atom. The van der Waals surface area contributed by atoms with Gasteiger partial charge in [-0.25, -0.2) is 14.6 Å². The van der Waals surface area contributed by atoms with Crippen LogP contribution in [0.2, 0.25) is 0 Å². The third-order valence-corrected chi connectivity index (χ3v) is 5.24. The maximum Gasteiger partial charge on any atom is 0.408 e. The molecule has 5 N–H and O–H groups in total. The van der Waals surface area contributed by atoms with E-state index in [9.17, 15) is 19.5 Å². The molecule has 2 heterocycles. The number of carbonyl (C=O) groups is 3. The van der Waals surface area contributed by atoms with E-state index in [0.717, 1.165) is 17.7 Å². The van der Waals surface area contributed by atoms with Crippen LogP contribution in [0.1, 0.15) is 30.5 Å². The molecule has 3 atom stereocenters. The van der Waals surface area contributed by atoms with Crippen LogP contribution in [-0.2, 0) is 32.2 Å². The van der Waals surface area contributed by atoms with Crippen LogP contribution in [0.15, 0.2) is 53.7 Å². The summed E-state index contributed by atoms with van der Waals surface area (Å²) in [6.45, 7) is -0.0289. The Kier molecular flexibility index (Phi) is 8.78. The maximum absolute atomic E-state index is 12.2. The third kappa shape index (κ3) is 7.19. The molecule has 3 rings (SSSR count). The van der Waals surface area contributed by atoms with E-state index in [0.29, 0.717) is 37.2 Å². The number of nitrogens with zero attached hydrogens (tertiary/aromatic N) is 2. The van der Waals surface area contributed by atoms with Crippen LogP contribution in [0, 0.1) is 0 Å². The van der Waals surface area contributed by atoms with Gasteiger partial charge in [-0.1, -0.05) is 41.6 Å². The van der Waals surface area contributed by atoms with Gasteiger partial charge in [0.25, 0.3) is 0 Å². The second-order valence-corrected chi connectivity index (χ2v) is 7.74. The zero-order valence-electron chi connectivity index (χ0n) is 18.4. The molecule has 1 aliphatic heterocycles. The summed E-state index contributed by atoms with van der Waals surface area (Å²) in [6.07, 6.45) is 1.54. The molecule has 11 heteroatoms. The van der Waals surface area contributed by atoms with Crippen molar-refractivity contribution in [2.45, 2.75) is 50.5 Å². The second kappa shape index (κ2) is 12.2. The Balaban J connectivity index is 1.54. The van der Waals surface area contributed by atoms with Crippen molar-refractivity contribution in [2.24, 2.45) is 5.16 Å². The molecule has 0 radical (unpaired) electrons. The van der Waals surface area contributed by atoms with Crippen LogP contribution in [0.25, 0.3) is 0 Å². The van der Waals surface area contributed by atoms with Crippen LogP contribution < -0.4 is 16.4 Å². The van der Waals surface area contributed by atoms with Crippen molar-refractivity contribution in [2.75, 3.05) is 5.73 Å². The largest absolute Gasteiger partial charge is 0.480 e. The number of nitrogens with one attached hydrogen (secondary N) is 2. The van der Waals surface area contributed by atoms with Crippen LogP contribution >= 0.6 is 0 Å². The number of nitrogens with two attached hydrogens (primary N) is 1. The zero-order chi connectivity index (χ0) is 24.3. The molecule has 1 aliphatic rings. The van der Waals surface area contributed by atoms with Crippen LogP contribution in [-0.4, -0.2) is 52.5 Å². The number of nitrogen functional groups attached to an aromatic ring is 1. The molecule has 0 aliphatic carbocycles.